The van der Waals surface area contributed by atoms with Gasteiger partial charge in [0.25, 0.3) is 5.91 Å². The average Bonchev–Trinajstić information content (AvgIpc) is 3.74. The Balaban J connectivity index is 1.39. The third-order valence-electron chi connectivity index (χ3n) is 7.10. The van der Waals surface area contributed by atoms with E-state index in [4.69, 9.17) is 30.8 Å². The lowest BCUT2D eigenvalue weighted by Crippen LogP contribution is -2.55. The molecule has 1 saturated heterocycles. The molecule has 0 radical (unpaired) electrons. The van der Waals surface area contributed by atoms with Gasteiger partial charge in [0.15, 0.2) is 11.0 Å². The number of aryl methyl sites for hydroxylation is 1. The number of nitrogens with one attached hydrogen (secondary N) is 2. The Morgan fingerprint density at radius 3 is 2.76 bits per heavy atom. The summed E-state index contributed by atoms with van der Waals surface area (Å²) in [5.41, 5.74) is 2.62. The van der Waals surface area contributed by atoms with E-state index in [-0.39, 0.29) is 18.1 Å². The van der Waals surface area contributed by atoms with Crippen molar-refractivity contribution in [3.8, 4) is 11.5 Å². The monoisotopic (exact) mass is 612 g/mol. The number of methoxy groups -OCH3 is 2. The SMILES string of the molecule is COCCn1ccnc1-c1nc(N2CC[C@@H](NC(=O)c3cc(Cl)c(C)[nH]3)[C@@H](OCc3ccccc3)C2)sc1C(=O)OC. The molecule has 1 amide bonds. The number of benzene rings is 1. The van der Waals surface area contributed by atoms with Gasteiger partial charge in [-0.15, -0.1) is 0 Å². The number of ether oxygens (including phenoxy) is 3. The minimum absolute atomic E-state index is 0.246. The topological polar surface area (TPSA) is 124 Å². The van der Waals surface area contributed by atoms with E-state index in [0.29, 0.717) is 71.5 Å². The Morgan fingerprint density at radius 2 is 2.05 bits per heavy atom. The van der Waals surface area contributed by atoms with E-state index in [2.05, 4.69) is 20.2 Å². The van der Waals surface area contributed by atoms with Crippen LogP contribution < -0.4 is 10.2 Å². The maximum Gasteiger partial charge on any atom is 0.350 e. The highest BCUT2D eigenvalue weighted by molar-refractivity contribution is 7.17. The van der Waals surface area contributed by atoms with E-state index in [9.17, 15) is 9.59 Å². The van der Waals surface area contributed by atoms with Gasteiger partial charge in [-0.3, -0.25) is 4.79 Å². The molecular weight excluding hydrogens is 580 g/mol. The summed E-state index contributed by atoms with van der Waals surface area (Å²) in [5.74, 6) is -0.160. The first kappa shape index (κ1) is 29.8. The van der Waals surface area contributed by atoms with Crippen LogP contribution in [0.5, 0.6) is 0 Å². The van der Waals surface area contributed by atoms with Gasteiger partial charge in [-0.25, -0.2) is 14.8 Å². The number of aromatic amines is 1. The van der Waals surface area contributed by atoms with Crippen molar-refractivity contribution in [2.24, 2.45) is 0 Å². The van der Waals surface area contributed by atoms with E-state index in [1.165, 1.54) is 18.4 Å². The van der Waals surface area contributed by atoms with Crippen molar-refractivity contribution < 1.29 is 23.8 Å². The zero-order valence-electron chi connectivity index (χ0n) is 23.6. The van der Waals surface area contributed by atoms with Gasteiger partial charge in [0, 0.05) is 44.8 Å². The van der Waals surface area contributed by atoms with Crippen LogP contribution in [-0.4, -0.2) is 77.5 Å². The number of thiazole rings is 1. The number of piperidine rings is 1. The maximum absolute atomic E-state index is 13.1. The van der Waals surface area contributed by atoms with E-state index in [1.54, 1.807) is 19.4 Å². The fraction of sp³-hybridized carbons (Fsp3) is 0.379. The van der Waals surface area contributed by atoms with Crippen molar-refractivity contribution >= 4 is 39.9 Å². The lowest BCUT2D eigenvalue weighted by atomic mass is 10.0. The van der Waals surface area contributed by atoms with Gasteiger partial charge in [0.1, 0.15) is 16.3 Å². The lowest BCUT2D eigenvalue weighted by molar-refractivity contribution is 0.00967. The first-order chi connectivity index (χ1) is 20.4. The molecule has 0 spiro atoms. The molecule has 1 fully saturated rings. The third-order valence-corrected chi connectivity index (χ3v) is 8.59. The summed E-state index contributed by atoms with van der Waals surface area (Å²) >= 11 is 7.43. The predicted molar refractivity (Wildman–Crippen MR) is 160 cm³/mol. The largest absolute Gasteiger partial charge is 0.465 e. The second-order valence-electron chi connectivity index (χ2n) is 9.91. The Kier molecular flexibility index (Phi) is 9.58. The van der Waals surface area contributed by atoms with Gasteiger partial charge >= 0.3 is 5.97 Å². The van der Waals surface area contributed by atoms with Crippen molar-refractivity contribution in [1.29, 1.82) is 0 Å². The summed E-state index contributed by atoms with van der Waals surface area (Å²) in [6, 6.07) is 11.3. The van der Waals surface area contributed by atoms with E-state index in [1.807, 2.05) is 48.0 Å². The molecule has 1 aliphatic rings. The zero-order chi connectivity index (χ0) is 29.6. The van der Waals surface area contributed by atoms with Crippen LogP contribution in [0.2, 0.25) is 5.02 Å². The van der Waals surface area contributed by atoms with Crippen LogP contribution in [0.3, 0.4) is 0 Å². The minimum atomic E-state index is -0.478. The number of halogens is 1. The number of H-pyrrole nitrogens is 1. The molecule has 0 saturated carbocycles. The van der Waals surface area contributed by atoms with Crippen LogP contribution in [0.4, 0.5) is 5.13 Å². The molecule has 5 rings (SSSR count). The van der Waals surface area contributed by atoms with Crippen molar-refractivity contribution in [3.05, 3.63) is 75.6 Å². The Labute approximate surface area is 252 Å². The number of carbonyl (C=O) groups excluding carboxylic acids is 2. The molecular formula is C29H33ClN6O5S. The highest BCUT2D eigenvalue weighted by atomic mass is 35.5. The summed E-state index contributed by atoms with van der Waals surface area (Å²) < 4.78 is 18.6. The molecule has 2 atom stereocenters. The van der Waals surface area contributed by atoms with Crippen LogP contribution >= 0.6 is 22.9 Å². The molecule has 11 nitrogen and oxygen atoms in total. The highest BCUT2D eigenvalue weighted by Gasteiger charge is 2.34. The Bertz CT molecular complexity index is 1500. The first-order valence-electron chi connectivity index (χ1n) is 13.5. The zero-order valence-corrected chi connectivity index (χ0v) is 25.2. The number of amides is 1. The summed E-state index contributed by atoms with van der Waals surface area (Å²) in [5, 5.41) is 4.29. The summed E-state index contributed by atoms with van der Waals surface area (Å²) in [4.78, 5) is 40.7. The van der Waals surface area contributed by atoms with Crippen molar-refractivity contribution in [1.82, 2.24) is 24.8 Å². The number of aromatic nitrogens is 4. The molecule has 1 aromatic carbocycles. The van der Waals surface area contributed by atoms with Crippen LogP contribution in [0.15, 0.2) is 48.8 Å². The summed E-state index contributed by atoms with van der Waals surface area (Å²) in [7, 11) is 2.98. The number of anilines is 1. The normalized spacial score (nSPS) is 16.9. The fourth-order valence-electron chi connectivity index (χ4n) is 4.83. The second-order valence-corrected chi connectivity index (χ2v) is 11.3. The maximum atomic E-state index is 13.1. The number of hydrogen-bond donors (Lipinski definition) is 2. The summed E-state index contributed by atoms with van der Waals surface area (Å²) in [6.45, 7) is 4.29. The second kappa shape index (κ2) is 13.5. The number of hydrogen-bond acceptors (Lipinski definition) is 9. The lowest BCUT2D eigenvalue weighted by Gasteiger charge is -2.38. The molecule has 13 heteroatoms. The van der Waals surface area contributed by atoms with E-state index in [0.717, 1.165) is 11.3 Å². The fourth-order valence-corrected chi connectivity index (χ4v) is 6.00. The van der Waals surface area contributed by atoms with E-state index < -0.39 is 5.97 Å². The van der Waals surface area contributed by atoms with Gasteiger partial charge in [0.05, 0.1) is 37.5 Å². The molecule has 42 heavy (non-hydrogen) atoms. The molecule has 1 aliphatic heterocycles. The van der Waals surface area contributed by atoms with Gasteiger partial charge < -0.3 is 34.0 Å². The number of imidazole rings is 1. The molecule has 0 aliphatic carbocycles. The van der Waals surface area contributed by atoms with E-state index >= 15 is 0 Å². The average molecular weight is 613 g/mol. The molecule has 0 unspecified atom stereocenters. The van der Waals surface area contributed by atoms with Gasteiger partial charge in [-0.1, -0.05) is 53.3 Å². The van der Waals surface area contributed by atoms with Crippen LogP contribution in [0.1, 0.15) is 37.8 Å². The van der Waals surface area contributed by atoms with Gasteiger partial charge in [-0.05, 0) is 25.0 Å². The molecule has 4 heterocycles. The van der Waals surface area contributed by atoms with Crippen molar-refractivity contribution in [2.75, 3.05) is 38.8 Å². The Morgan fingerprint density at radius 1 is 1.24 bits per heavy atom. The standard InChI is InChI=1S/C29H33ClN6O5S/c1-18-20(30)15-22(32-18)27(37)33-21-9-11-36(16-23(21)41-17-19-7-5-4-6-8-19)29-34-24(25(42-29)28(38)40-3)26-31-10-12-35(26)13-14-39-2/h4-8,10,12,15,21,23,32H,9,11,13-14,16-17H2,1-3H3,(H,33,37)/t21-,23+/m1/s1. The third kappa shape index (κ3) is 6.67. The number of carbonyl (C=O) groups is 2. The highest BCUT2D eigenvalue weighted by Crippen LogP contribution is 2.35. The summed E-state index contributed by atoms with van der Waals surface area (Å²) in [6.07, 6.45) is 3.75. The molecule has 3 aromatic heterocycles. The predicted octanol–water partition coefficient (Wildman–Crippen LogP) is 4.32. The molecule has 4 aromatic rings. The Hall–Kier alpha value is -3.71. The molecule has 2 N–H and O–H groups in total. The first-order valence-corrected chi connectivity index (χ1v) is 14.7. The smallest absolute Gasteiger partial charge is 0.350 e. The molecule has 0 bridgehead atoms. The van der Waals surface area contributed by atoms with Crippen LogP contribution in [0.25, 0.3) is 11.5 Å². The quantitative estimate of drug-likeness (QED) is 0.240. The number of nitrogens with zero attached hydrogens (tertiary/aromatic N) is 4. The molecule has 222 valence electrons. The van der Waals surface area contributed by atoms with Crippen molar-refractivity contribution in [2.45, 2.75) is 38.6 Å². The number of esters is 1. The van der Waals surface area contributed by atoms with Gasteiger partial charge in [-0.2, -0.15) is 0 Å². The minimum Gasteiger partial charge on any atom is -0.465 e. The van der Waals surface area contributed by atoms with Crippen molar-refractivity contribution in [3.63, 3.8) is 0 Å². The number of rotatable bonds is 11. The van der Waals surface area contributed by atoms with Crippen LogP contribution in [0, 0.1) is 6.92 Å². The van der Waals surface area contributed by atoms with Crippen LogP contribution in [-0.2, 0) is 27.4 Å². The van der Waals surface area contributed by atoms with Gasteiger partial charge in [0.2, 0.25) is 0 Å².